The lowest BCUT2D eigenvalue weighted by Crippen LogP contribution is -2.09. The van der Waals surface area contributed by atoms with E-state index in [0.717, 1.165) is 0 Å². The van der Waals surface area contributed by atoms with E-state index in [1.807, 2.05) is 0 Å². The van der Waals surface area contributed by atoms with Gasteiger partial charge < -0.3 is 9.15 Å². The number of benzene rings is 2. The van der Waals surface area contributed by atoms with Crippen LogP contribution in [-0.2, 0) is 0 Å². The number of carbonyl (C=O) groups is 1. The van der Waals surface area contributed by atoms with Crippen molar-refractivity contribution in [3.8, 4) is 5.75 Å². The Labute approximate surface area is 151 Å². The maximum absolute atomic E-state index is 12.3. The second-order valence-electron chi connectivity index (χ2n) is 5.04. The molecule has 3 rings (SSSR count). The zero-order chi connectivity index (χ0) is 17.4. The van der Waals surface area contributed by atoms with Gasteiger partial charge in [-0.3, -0.25) is 0 Å². The first kappa shape index (κ1) is 16.8. The number of aryl methyl sites for hydroxylation is 1. The van der Waals surface area contributed by atoms with E-state index in [1.54, 1.807) is 13.0 Å². The Morgan fingerprint density at radius 3 is 2.50 bits per heavy atom. The molecule has 0 fully saturated rings. The Balaban J connectivity index is 2.02. The lowest BCUT2D eigenvalue weighted by Gasteiger charge is -2.09. The van der Waals surface area contributed by atoms with Crippen molar-refractivity contribution in [2.45, 2.75) is 6.92 Å². The first-order valence-corrected chi connectivity index (χ1v) is 7.90. The smallest absolute Gasteiger partial charge is 0.345 e. The number of rotatable bonds is 2. The second kappa shape index (κ2) is 6.48. The summed E-state index contributed by atoms with van der Waals surface area (Å²) in [6, 6.07) is 8.73. The van der Waals surface area contributed by atoms with Gasteiger partial charge >= 0.3 is 11.6 Å². The number of carbonyl (C=O) groups excluding carboxylic acids is 1. The van der Waals surface area contributed by atoms with Crippen molar-refractivity contribution < 1.29 is 13.9 Å². The van der Waals surface area contributed by atoms with Gasteiger partial charge in [-0.1, -0.05) is 34.8 Å². The number of fused-ring (bicyclic) bond motifs is 1. The van der Waals surface area contributed by atoms with Gasteiger partial charge in [0, 0.05) is 22.5 Å². The van der Waals surface area contributed by atoms with Crippen LogP contribution in [0.4, 0.5) is 0 Å². The van der Waals surface area contributed by atoms with Crippen molar-refractivity contribution in [2.24, 2.45) is 0 Å². The minimum Gasteiger partial charge on any atom is -0.423 e. The molecular weight excluding hydrogens is 375 g/mol. The highest BCUT2D eigenvalue weighted by molar-refractivity contribution is 6.36. The lowest BCUT2D eigenvalue weighted by atomic mass is 10.1. The van der Waals surface area contributed by atoms with Crippen molar-refractivity contribution in [1.29, 1.82) is 0 Å². The van der Waals surface area contributed by atoms with Crippen LogP contribution < -0.4 is 10.4 Å². The fraction of sp³-hybridized carbons (Fsp3) is 0.0588. The summed E-state index contributed by atoms with van der Waals surface area (Å²) in [6.45, 7) is 1.76. The van der Waals surface area contributed by atoms with Crippen LogP contribution >= 0.6 is 34.8 Å². The van der Waals surface area contributed by atoms with E-state index in [-0.39, 0.29) is 26.9 Å². The molecule has 0 spiro atoms. The SMILES string of the molecule is Cc1cc(=O)oc2cc(OC(=O)c3ccc(Cl)cc3Cl)c(Cl)cc12. The molecule has 2 aromatic carbocycles. The Bertz CT molecular complexity index is 1020. The molecule has 0 aliphatic heterocycles. The first-order chi connectivity index (χ1) is 11.3. The van der Waals surface area contributed by atoms with Crippen molar-refractivity contribution in [3.63, 3.8) is 0 Å². The Morgan fingerprint density at radius 1 is 1.04 bits per heavy atom. The van der Waals surface area contributed by atoms with Crippen molar-refractivity contribution >= 4 is 51.7 Å². The third kappa shape index (κ3) is 3.26. The van der Waals surface area contributed by atoms with E-state index in [4.69, 9.17) is 44.0 Å². The molecule has 1 heterocycles. The molecule has 0 saturated heterocycles. The summed E-state index contributed by atoms with van der Waals surface area (Å²) >= 11 is 18.0. The van der Waals surface area contributed by atoms with Gasteiger partial charge in [-0.15, -0.1) is 0 Å². The molecule has 0 unspecified atom stereocenters. The van der Waals surface area contributed by atoms with Gasteiger partial charge in [0.1, 0.15) is 5.58 Å². The van der Waals surface area contributed by atoms with Crippen LogP contribution in [0.25, 0.3) is 11.0 Å². The molecule has 0 bridgehead atoms. The van der Waals surface area contributed by atoms with Crippen LogP contribution in [-0.4, -0.2) is 5.97 Å². The maximum Gasteiger partial charge on any atom is 0.345 e. The number of halogens is 3. The van der Waals surface area contributed by atoms with E-state index < -0.39 is 11.6 Å². The predicted octanol–water partition coefficient (Wildman–Crippen LogP) is 5.28. The lowest BCUT2D eigenvalue weighted by molar-refractivity contribution is 0.0735. The molecule has 0 N–H and O–H groups in total. The standard InChI is InChI=1S/C17H9Cl3O4/c1-8-4-16(21)23-14-7-15(13(20)6-11(8)14)24-17(22)10-3-2-9(18)5-12(10)19/h2-7H,1H3. The molecule has 122 valence electrons. The van der Waals surface area contributed by atoms with Crippen LogP contribution in [0.1, 0.15) is 15.9 Å². The summed E-state index contributed by atoms with van der Waals surface area (Å²) in [7, 11) is 0. The summed E-state index contributed by atoms with van der Waals surface area (Å²) in [6.07, 6.45) is 0. The minimum atomic E-state index is -0.701. The highest BCUT2D eigenvalue weighted by Crippen LogP contribution is 2.32. The monoisotopic (exact) mass is 382 g/mol. The molecule has 1 aromatic heterocycles. The van der Waals surface area contributed by atoms with E-state index >= 15 is 0 Å². The Morgan fingerprint density at radius 2 is 1.79 bits per heavy atom. The normalized spacial score (nSPS) is 10.8. The maximum atomic E-state index is 12.3. The average Bonchev–Trinajstić information content (AvgIpc) is 2.48. The quantitative estimate of drug-likeness (QED) is 0.343. The fourth-order valence-corrected chi connectivity index (χ4v) is 2.90. The fourth-order valence-electron chi connectivity index (χ4n) is 2.21. The topological polar surface area (TPSA) is 56.5 Å². The second-order valence-corrected chi connectivity index (χ2v) is 6.29. The van der Waals surface area contributed by atoms with Gasteiger partial charge in [-0.05, 0) is 36.8 Å². The molecule has 3 aromatic rings. The highest BCUT2D eigenvalue weighted by atomic mass is 35.5. The summed E-state index contributed by atoms with van der Waals surface area (Å²) in [5.74, 6) is -0.637. The molecule has 0 radical (unpaired) electrons. The average molecular weight is 384 g/mol. The molecule has 0 amide bonds. The van der Waals surface area contributed by atoms with Gasteiger partial charge in [-0.2, -0.15) is 0 Å². The Kier molecular flexibility index (Phi) is 4.54. The highest BCUT2D eigenvalue weighted by Gasteiger charge is 2.16. The Hall–Kier alpha value is -2.01. The molecule has 0 atom stereocenters. The van der Waals surface area contributed by atoms with Crippen LogP contribution in [0, 0.1) is 6.92 Å². The number of esters is 1. The minimum absolute atomic E-state index is 0.0638. The summed E-state index contributed by atoms with van der Waals surface area (Å²) < 4.78 is 10.4. The van der Waals surface area contributed by atoms with Crippen molar-refractivity contribution in [2.75, 3.05) is 0 Å². The van der Waals surface area contributed by atoms with Gasteiger partial charge in [0.2, 0.25) is 0 Å². The van der Waals surface area contributed by atoms with Gasteiger partial charge in [0.25, 0.3) is 0 Å². The largest absolute Gasteiger partial charge is 0.423 e. The number of hydrogen-bond acceptors (Lipinski definition) is 4. The molecule has 24 heavy (non-hydrogen) atoms. The summed E-state index contributed by atoms with van der Waals surface area (Å²) in [4.78, 5) is 23.8. The first-order valence-electron chi connectivity index (χ1n) is 6.76. The third-order valence-corrected chi connectivity index (χ3v) is 4.20. The molecule has 7 heteroatoms. The molecule has 0 aliphatic carbocycles. The molecule has 0 aliphatic rings. The van der Waals surface area contributed by atoms with E-state index in [2.05, 4.69) is 0 Å². The van der Waals surface area contributed by atoms with Gasteiger partial charge in [0.05, 0.1) is 15.6 Å². The van der Waals surface area contributed by atoms with E-state index in [9.17, 15) is 9.59 Å². The number of ether oxygens (including phenoxy) is 1. The third-order valence-electron chi connectivity index (χ3n) is 3.36. The van der Waals surface area contributed by atoms with E-state index in [1.165, 1.54) is 30.3 Å². The summed E-state index contributed by atoms with van der Waals surface area (Å²) in [5.41, 5.74) is 0.624. The molecule has 4 nitrogen and oxygen atoms in total. The number of hydrogen-bond donors (Lipinski definition) is 0. The summed E-state index contributed by atoms with van der Waals surface area (Å²) in [5, 5.41) is 1.42. The van der Waals surface area contributed by atoms with Crippen molar-refractivity contribution in [3.05, 3.63) is 73.0 Å². The molecular formula is C17H9Cl3O4. The van der Waals surface area contributed by atoms with Gasteiger partial charge in [0.15, 0.2) is 5.75 Å². The zero-order valence-corrected chi connectivity index (χ0v) is 14.5. The van der Waals surface area contributed by atoms with E-state index in [0.29, 0.717) is 16.0 Å². The van der Waals surface area contributed by atoms with Gasteiger partial charge in [-0.25, -0.2) is 9.59 Å². The van der Waals surface area contributed by atoms with Crippen LogP contribution in [0.2, 0.25) is 15.1 Å². The predicted molar refractivity (Wildman–Crippen MR) is 93.7 cm³/mol. The molecule has 0 saturated carbocycles. The zero-order valence-electron chi connectivity index (χ0n) is 12.2. The van der Waals surface area contributed by atoms with Crippen LogP contribution in [0.15, 0.2) is 45.6 Å². The van der Waals surface area contributed by atoms with Crippen LogP contribution in [0.3, 0.4) is 0 Å². The van der Waals surface area contributed by atoms with Crippen LogP contribution in [0.5, 0.6) is 5.75 Å². The van der Waals surface area contributed by atoms with Crippen molar-refractivity contribution in [1.82, 2.24) is 0 Å².